The molecule has 1 aliphatic carbocycles. The van der Waals surface area contributed by atoms with Crippen LogP contribution in [0.5, 0.6) is 11.5 Å². The molecule has 0 radical (unpaired) electrons. The van der Waals surface area contributed by atoms with Crippen molar-refractivity contribution in [2.75, 3.05) is 59.0 Å². The van der Waals surface area contributed by atoms with Crippen LogP contribution in [0.25, 0.3) is 10.9 Å². The number of esters is 3. The molecule has 16 heteroatoms. The number of aromatic hydroxyl groups is 1. The first-order chi connectivity index (χ1) is 32.6. The Balaban J connectivity index is 1.27. The third kappa shape index (κ3) is 6.46. The Morgan fingerprint density at radius 3 is 2.40 bits per heavy atom. The lowest BCUT2D eigenvalue weighted by molar-refractivity contribution is -0.228. The second-order valence-electron chi connectivity index (χ2n) is 19.9. The summed E-state index contributed by atoms with van der Waals surface area (Å²) < 4.78 is 23.9. The summed E-state index contributed by atoms with van der Waals surface area (Å²) in [5, 5.41) is 36.8. The quantitative estimate of drug-likeness (QED) is 0.0687. The number of hydrogen-bond donors (Lipinski definition) is 4. The number of aromatic amines is 1. The highest BCUT2D eigenvalue weighted by Gasteiger charge is 2.81. The van der Waals surface area contributed by atoms with Gasteiger partial charge in [0.1, 0.15) is 16.9 Å². The van der Waals surface area contributed by atoms with Gasteiger partial charge < -0.3 is 44.2 Å². The molecule has 3 fully saturated rings. The van der Waals surface area contributed by atoms with E-state index in [9.17, 15) is 29.7 Å². The van der Waals surface area contributed by atoms with Gasteiger partial charge in [0.25, 0.3) is 0 Å². The fraction of sp³-hybridized carbons (Fsp3) is 0.500. The van der Waals surface area contributed by atoms with Crippen molar-refractivity contribution in [3.05, 3.63) is 89.1 Å². The number of amides is 1. The number of fused-ring (bicyclic) bond motifs is 6. The topological polar surface area (TPSA) is 191 Å². The van der Waals surface area contributed by atoms with Crippen LogP contribution in [0.2, 0.25) is 0 Å². The number of aliphatic hydroxyl groups is 2. The second kappa shape index (κ2) is 16.6. The molecule has 10 atom stereocenters. The van der Waals surface area contributed by atoms with E-state index in [1.54, 1.807) is 24.3 Å². The van der Waals surface area contributed by atoms with E-state index in [1.165, 1.54) is 44.9 Å². The average Bonchev–Trinajstić information content (AvgIpc) is 4.00. The van der Waals surface area contributed by atoms with Gasteiger partial charge in [-0.3, -0.25) is 24.2 Å². The minimum atomic E-state index is -2.56. The lowest BCUT2D eigenvalue weighted by atomic mass is 9.47. The summed E-state index contributed by atoms with van der Waals surface area (Å²) >= 11 is 1.51. The van der Waals surface area contributed by atoms with Crippen molar-refractivity contribution < 1.29 is 53.4 Å². The Kier molecular flexibility index (Phi) is 11.3. The van der Waals surface area contributed by atoms with E-state index >= 15 is 4.79 Å². The van der Waals surface area contributed by atoms with Crippen LogP contribution in [0.3, 0.4) is 0 Å². The average molecular weight is 949 g/mol. The maximum absolute atomic E-state index is 15.6. The summed E-state index contributed by atoms with van der Waals surface area (Å²) in [5.41, 5.74) is -3.66. The summed E-state index contributed by atoms with van der Waals surface area (Å²) in [6.45, 7) is 7.95. The van der Waals surface area contributed by atoms with E-state index in [0.29, 0.717) is 93.7 Å². The predicted molar refractivity (Wildman–Crippen MR) is 253 cm³/mol. The molecule has 1 amide bonds. The molecular formula is C52H60N4O11S. The van der Waals surface area contributed by atoms with Gasteiger partial charge in [-0.2, -0.15) is 0 Å². The molecule has 3 aromatic carbocycles. The first-order valence-corrected chi connectivity index (χ1v) is 24.4. The first kappa shape index (κ1) is 46.3. The zero-order valence-electron chi connectivity index (χ0n) is 39.4. The summed E-state index contributed by atoms with van der Waals surface area (Å²) in [6, 6.07) is 15.1. The lowest BCUT2D eigenvalue weighted by Gasteiger charge is -2.63. The smallest absolute Gasteiger partial charge is 0.344 e. The highest BCUT2D eigenvalue weighted by atomic mass is 32.2. The number of phenolic OH excluding ortho intramolecular Hbond substituents is 1. The number of aromatic nitrogens is 1. The van der Waals surface area contributed by atoms with Crippen molar-refractivity contribution in [3.63, 3.8) is 0 Å². The number of phenols is 1. The lowest BCUT2D eigenvalue weighted by Crippen LogP contribution is -2.81. The Morgan fingerprint density at radius 2 is 1.71 bits per heavy atom. The molecule has 15 nitrogen and oxygen atoms in total. The van der Waals surface area contributed by atoms with E-state index < -0.39 is 63.5 Å². The largest absolute Gasteiger partial charge is 0.508 e. The van der Waals surface area contributed by atoms with Crippen LogP contribution >= 0.6 is 11.8 Å². The first-order valence-electron chi connectivity index (χ1n) is 23.6. The van der Waals surface area contributed by atoms with Gasteiger partial charge >= 0.3 is 17.9 Å². The van der Waals surface area contributed by atoms with Crippen LogP contribution in [0, 0.1) is 11.3 Å². The molecule has 1 unspecified atom stereocenters. The molecular weight excluding hydrogens is 889 g/mol. The number of methoxy groups -OCH3 is 3. The highest BCUT2D eigenvalue weighted by molar-refractivity contribution is 7.99. The van der Waals surface area contributed by atoms with Crippen LogP contribution in [-0.4, -0.2) is 138 Å². The van der Waals surface area contributed by atoms with Gasteiger partial charge in [0.05, 0.1) is 38.7 Å². The summed E-state index contributed by atoms with van der Waals surface area (Å²) in [4.78, 5) is 68.6. The zero-order valence-corrected chi connectivity index (χ0v) is 40.2. The molecule has 360 valence electrons. The van der Waals surface area contributed by atoms with Crippen molar-refractivity contribution in [2.24, 2.45) is 11.3 Å². The molecule has 1 saturated carbocycles. The molecule has 6 heterocycles. The molecule has 1 spiro atoms. The third-order valence-electron chi connectivity index (χ3n) is 16.6. The van der Waals surface area contributed by atoms with Gasteiger partial charge in [-0.05, 0) is 105 Å². The van der Waals surface area contributed by atoms with E-state index in [1.807, 2.05) is 50.3 Å². The molecule has 6 aliphatic rings. The fourth-order valence-electron chi connectivity index (χ4n) is 14.1. The molecule has 4 N–H and O–H groups in total. The summed E-state index contributed by atoms with van der Waals surface area (Å²) in [5.74, 6) is -2.06. The van der Waals surface area contributed by atoms with Gasteiger partial charge in [-0.15, -0.1) is 0 Å². The number of nitrogens with zero attached hydrogens (tertiary/aromatic N) is 3. The number of ether oxygens (including phenoxy) is 4. The maximum atomic E-state index is 15.6. The number of hydrogen-bond acceptors (Lipinski definition) is 14. The van der Waals surface area contributed by atoms with E-state index in [0.717, 1.165) is 26.3 Å². The molecule has 4 aromatic rings. The molecule has 5 aliphatic heterocycles. The van der Waals surface area contributed by atoms with Crippen molar-refractivity contribution in [1.29, 1.82) is 0 Å². The van der Waals surface area contributed by atoms with Crippen molar-refractivity contribution in [1.82, 2.24) is 14.8 Å². The normalized spacial score (nSPS) is 33.5. The Hall–Kier alpha value is -5.39. The number of anilines is 1. The van der Waals surface area contributed by atoms with Gasteiger partial charge in [-0.1, -0.05) is 43.8 Å². The molecule has 68 heavy (non-hydrogen) atoms. The van der Waals surface area contributed by atoms with Gasteiger partial charge in [0, 0.05) is 88.0 Å². The number of H-pyrrole nitrogens is 1. The van der Waals surface area contributed by atoms with Gasteiger partial charge in [0.15, 0.2) is 6.10 Å². The minimum absolute atomic E-state index is 0.164. The van der Waals surface area contributed by atoms with E-state index in [2.05, 4.69) is 20.9 Å². The molecule has 1 aromatic heterocycles. The highest BCUT2D eigenvalue weighted by Crippen LogP contribution is 2.68. The SMILES string of the molecule is CC[C@]1(O)C[C@H]2CN(CCc3c([nH]c4ccc(Sc5cccc(O)c5)cc34)[C@@](C(=O)OC)(c3cc4c(cc3OC)N(C=O)[C@H]3[C@@](O)(C(=O)OC)[C@H](OC(C)=O)[C@]5(CC)C=CCN6CC[C@]43[C@@H]65)C2)C1. The van der Waals surface area contributed by atoms with Crippen LogP contribution in [0.15, 0.2) is 76.5 Å². The number of piperidine rings is 1. The van der Waals surface area contributed by atoms with Crippen LogP contribution in [0.1, 0.15) is 75.3 Å². The summed E-state index contributed by atoms with van der Waals surface area (Å²) in [7, 11) is 4.07. The van der Waals surface area contributed by atoms with Crippen molar-refractivity contribution in [3.8, 4) is 11.5 Å². The van der Waals surface area contributed by atoms with Gasteiger partial charge in [0.2, 0.25) is 12.0 Å². The standard InChI is InChI=1S/C52H60N4O11S/c1-7-48(62)25-31-26-51(46(60)65-5,42-35(15-19-54(27-31)28-48)36-22-34(13-14-39(36)53-42)68-33-12-9-11-32(59)21-33)38-23-37-40(24-41(38)64-4)56(29-57)44-50(37)17-20-55-18-10-16-49(8-2,43(50)55)45(67-30(3)58)52(44,63)47(61)66-6/h9-14,16,21-24,29,31,43-45,53,59,62-63H,7-8,15,17-20,25-28H2,1-6H3/t31-,43+,44-,45-,48+,49-,50-,51+,52+/m1/s1. The fourth-order valence-corrected chi connectivity index (χ4v) is 15.0. The van der Waals surface area contributed by atoms with E-state index in [4.69, 9.17) is 18.9 Å². The van der Waals surface area contributed by atoms with Crippen LogP contribution < -0.4 is 9.64 Å². The van der Waals surface area contributed by atoms with Crippen molar-refractivity contribution in [2.45, 2.75) is 109 Å². The number of rotatable bonds is 10. The minimum Gasteiger partial charge on any atom is -0.508 e. The van der Waals surface area contributed by atoms with Gasteiger partial charge in [-0.25, -0.2) is 4.79 Å². The third-order valence-corrected chi connectivity index (χ3v) is 17.6. The molecule has 2 bridgehead atoms. The Bertz CT molecular complexity index is 2760. The molecule has 2 saturated heterocycles. The maximum Gasteiger partial charge on any atom is 0.344 e. The van der Waals surface area contributed by atoms with Crippen molar-refractivity contribution >= 4 is 52.7 Å². The van der Waals surface area contributed by atoms with E-state index in [-0.39, 0.29) is 23.8 Å². The number of benzene rings is 3. The van der Waals surface area contributed by atoms with Crippen LogP contribution in [-0.2, 0) is 50.6 Å². The predicted octanol–water partition coefficient (Wildman–Crippen LogP) is 5.37. The summed E-state index contributed by atoms with van der Waals surface area (Å²) in [6.07, 6.45) is 5.54. The second-order valence-corrected chi connectivity index (χ2v) is 21.0. The number of nitrogens with one attached hydrogen (secondary N) is 1. The zero-order chi connectivity index (χ0) is 48.1. The Labute approximate surface area is 399 Å². The molecule has 10 rings (SSSR count). The number of carbonyl (C=O) groups is 4. The Morgan fingerprint density at radius 1 is 0.926 bits per heavy atom. The number of carbonyl (C=O) groups excluding carboxylic acids is 4. The van der Waals surface area contributed by atoms with Crippen LogP contribution in [0.4, 0.5) is 5.69 Å². The monoisotopic (exact) mass is 948 g/mol.